The van der Waals surface area contributed by atoms with E-state index in [2.05, 4.69) is 24.3 Å². The van der Waals surface area contributed by atoms with Gasteiger partial charge in [-0.25, -0.2) is 0 Å². The van der Waals surface area contributed by atoms with Gasteiger partial charge in [-0.15, -0.1) is 0 Å². The van der Waals surface area contributed by atoms with E-state index in [1.165, 1.54) is 0 Å². The Labute approximate surface area is 141 Å². The van der Waals surface area contributed by atoms with Crippen molar-refractivity contribution < 1.29 is 4.79 Å². The molecule has 0 saturated heterocycles. The van der Waals surface area contributed by atoms with Crippen molar-refractivity contribution in [3.63, 3.8) is 0 Å². The molecule has 0 amide bonds. The zero-order valence-corrected chi connectivity index (χ0v) is 13.1. The molecule has 3 aromatic carbocycles. The molecule has 1 aliphatic carbocycles. The molecule has 0 heterocycles. The minimum Gasteiger partial charge on any atom is -0.289 e. The van der Waals surface area contributed by atoms with E-state index < -0.39 is 0 Å². The number of ketones is 1. The number of carbonyl (C=O) groups excluding carboxylic acids is 1. The Kier molecular flexibility index (Phi) is 3.68. The van der Waals surface area contributed by atoms with E-state index in [9.17, 15) is 4.79 Å². The number of hydrogen-bond acceptors (Lipinski definition) is 1. The maximum absolute atomic E-state index is 12.7. The molecule has 0 unspecified atom stereocenters. The highest BCUT2D eigenvalue weighted by Crippen LogP contribution is 2.35. The van der Waals surface area contributed by atoms with E-state index in [-0.39, 0.29) is 5.78 Å². The van der Waals surface area contributed by atoms with E-state index in [0.717, 1.165) is 33.4 Å². The van der Waals surface area contributed by atoms with Gasteiger partial charge in [0.2, 0.25) is 0 Å². The molecule has 0 N–H and O–H groups in total. The average Bonchev–Trinajstić information content (AvgIpc) is 2.65. The smallest absolute Gasteiger partial charge is 0.194 e. The second-order valence-corrected chi connectivity index (χ2v) is 5.77. The molecule has 0 radical (unpaired) electrons. The molecule has 0 bridgehead atoms. The van der Waals surface area contributed by atoms with Crippen LogP contribution >= 0.6 is 0 Å². The van der Waals surface area contributed by atoms with E-state index in [1.54, 1.807) is 0 Å². The van der Waals surface area contributed by atoms with Gasteiger partial charge in [-0.3, -0.25) is 4.79 Å². The first-order chi connectivity index (χ1) is 11.8. The van der Waals surface area contributed by atoms with Gasteiger partial charge in [0.1, 0.15) is 0 Å². The summed E-state index contributed by atoms with van der Waals surface area (Å²) in [6.45, 7) is 0. The van der Waals surface area contributed by atoms with Crippen molar-refractivity contribution in [1.82, 2.24) is 0 Å². The highest BCUT2D eigenvalue weighted by atomic mass is 16.1. The fourth-order valence-electron chi connectivity index (χ4n) is 3.12. The van der Waals surface area contributed by atoms with Crippen LogP contribution in [0.3, 0.4) is 0 Å². The lowest BCUT2D eigenvalue weighted by Gasteiger charge is -2.21. The summed E-state index contributed by atoms with van der Waals surface area (Å²) in [5, 5.41) is 0. The van der Waals surface area contributed by atoms with Gasteiger partial charge < -0.3 is 0 Å². The molecule has 0 fully saturated rings. The molecule has 0 aliphatic heterocycles. The third-order valence-corrected chi connectivity index (χ3v) is 4.27. The summed E-state index contributed by atoms with van der Waals surface area (Å²) in [4.78, 5) is 12.7. The third kappa shape index (κ3) is 2.50. The quantitative estimate of drug-likeness (QED) is 0.486. The highest BCUT2D eigenvalue weighted by Gasteiger charge is 2.25. The predicted octanol–water partition coefficient (Wildman–Crippen LogP) is 5.38. The largest absolute Gasteiger partial charge is 0.289 e. The van der Waals surface area contributed by atoms with Gasteiger partial charge in [0.05, 0.1) is 0 Å². The lowest BCUT2D eigenvalue weighted by molar-refractivity contribution is 0.103. The first kappa shape index (κ1) is 14.4. The lowest BCUT2D eigenvalue weighted by Crippen LogP contribution is -2.13. The third-order valence-electron chi connectivity index (χ3n) is 4.27. The molecule has 4 rings (SSSR count). The Morgan fingerprint density at radius 1 is 0.583 bits per heavy atom. The summed E-state index contributed by atoms with van der Waals surface area (Å²) < 4.78 is 0. The molecule has 1 heteroatoms. The van der Waals surface area contributed by atoms with E-state index in [4.69, 9.17) is 0 Å². The number of hydrogen-bond donors (Lipinski definition) is 0. The maximum atomic E-state index is 12.7. The van der Waals surface area contributed by atoms with Crippen LogP contribution in [0.2, 0.25) is 0 Å². The topological polar surface area (TPSA) is 17.1 Å². The molecule has 3 aromatic rings. The number of rotatable bonds is 2. The SMILES string of the molecule is O=C1c2ccccc2C(=C/C=C\c2ccccc2)c2ccccc21. The second-order valence-electron chi connectivity index (χ2n) is 5.77. The summed E-state index contributed by atoms with van der Waals surface area (Å²) >= 11 is 0. The van der Waals surface area contributed by atoms with Crippen molar-refractivity contribution >= 4 is 17.4 Å². The average molecular weight is 308 g/mol. The van der Waals surface area contributed by atoms with Crippen LogP contribution in [0, 0.1) is 0 Å². The van der Waals surface area contributed by atoms with Gasteiger partial charge in [-0.2, -0.15) is 0 Å². The molecule has 1 aliphatic rings. The molecule has 1 nitrogen and oxygen atoms in total. The summed E-state index contributed by atoms with van der Waals surface area (Å²) in [5.41, 5.74) is 5.79. The van der Waals surface area contributed by atoms with Crippen LogP contribution < -0.4 is 0 Å². The van der Waals surface area contributed by atoms with Crippen LogP contribution in [0.15, 0.2) is 91.0 Å². The first-order valence-electron chi connectivity index (χ1n) is 8.01. The van der Waals surface area contributed by atoms with Crippen LogP contribution in [-0.2, 0) is 0 Å². The molecule has 24 heavy (non-hydrogen) atoms. The van der Waals surface area contributed by atoms with E-state index >= 15 is 0 Å². The fourth-order valence-corrected chi connectivity index (χ4v) is 3.12. The van der Waals surface area contributed by atoms with Crippen LogP contribution in [0.5, 0.6) is 0 Å². The minimum absolute atomic E-state index is 0.102. The summed E-state index contributed by atoms with van der Waals surface area (Å²) in [7, 11) is 0. The van der Waals surface area contributed by atoms with Gasteiger partial charge >= 0.3 is 0 Å². The normalized spacial score (nSPS) is 12.8. The van der Waals surface area contributed by atoms with Crippen molar-refractivity contribution in [3.05, 3.63) is 119 Å². The Balaban J connectivity index is 1.83. The summed E-state index contributed by atoms with van der Waals surface area (Å²) in [6.07, 6.45) is 6.22. The molecule has 0 spiro atoms. The molecular weight excluding hydrogens is 292 g/mol. The number of allylic oxidation sites excluding steroid dienone is 2. The standard InChI is InChI=1S/C23H16O/c24-23-21-14-6-4-12-19(21)18(20-13-5-7-15-22(20)23)16-8-11-17-9-2-1-3-10-17/h1-16H/b11-8-. The fraction of sp³-hybridized carbons (Fsp3) is 0. The van der Waals surface area contributed by atoms with Crippen molar-refractivity contribution in [2.75, 3.05) is 0 Å². The van der Waals surface area contributed by atoms with Gasteiger partial charge in [0.15, 0.2) is 5.78 Å². The Morgan fingerprint density at radius 2 is 1.08 bits per heavy atom. The monoisotopic (exact) mass is 308 g/mol. The first-order valence-corrected chi connectivity index (χ1v) is 8.01. The Morgan fingerprint density at radius 3 is 1.67 bits per heavy atom. The van der Waals surface area contributed by atoms with Gasteiger partial charge in [-0.1, -0.05) is 97.1 Å². The van der Waals surface area contributed by atoms with Crippen molar-refractivity contribution in [1.29, 1.82) is 0 Å². The van der Waals surface area contributed by atoms with Gasteiger partial charge in [0.25, 0.3) is 0 Å². The Bertz CT molecular complexity index is 911. The molecule has 0 aromatic heterocycles. The minimum atomic E-state index is 0.102. The van der Waals surface area contributed by atoms with Crippen LogP contribution in [-0.4, -0.2) is 5.78 Å². The number of carbonyl (C=O) groups is 1. The maximum Gasteiger partial charge on any atom is 0.194 e. The number of benzene rings is 3. The molecular formula is C23H16O. The van der Waals surface area contributed by atoms with E-state index in [1.807, 2.05) is 72.8 Å². The van der Waals surface area contributed by atoms with Gasteiger partial charge in [0, 0.05) is 11.1 Å². The molecule has 0 atom stereocenters. The molecule has 114 valence electrons. The van der Waals surface area contributed by atoms with Crippen LogP contribution in [0.1, 0.15) is 32.6 Å². The summed E-state index contributed by atoms with van der Waals surface area (Å²) in [5.74, 6) is 0.102. The van der Waals surface area contributed by atoms with Crippen molar-refractivity contribution in [2.24, 2.45) is 0 Å². The van der Waals surface area contributed by atoms with Crippen molar-refractivity contribution in [2.45, 2.75) is 0 Å². The van der Waals surface area contributed by atoms with Gasteiger partial charge in [-0.05, 0) is 22.3 Å². The zero-order valence-electron chi connectivity index (χ0n) is 13.1. The van der Waals surface area contributed by atoms with Crippen LogP contribution in [0.4, 0.5) is 0 Å². The Hall–Kier alpha value is -3.19. The van der Waals surface area contributed by atoms with Crippen molar-refractivity contribution in [3.8, 4) is 0 Å². The van der Waals surface area contributed by atoms with E-state index in [0.29, 0.717) is 0 Å². The predicted molar refractivity (Wildman–Crippen MR) is 98.9 cm³/mol. The second kappa shape index (κ2) is 6.13. The number of fused-ring (bicyclic) bond motifs is 2. The summed E-state index contributed by atoms with van der Waals surface area (Å²) in [6, 6.07) is 25.8. The highest BCUT2D eigenvalue weighted by molar-refractivity contribution is 6.18. The lowest BCUT2D eigenvalue weighted by atomic mass is 9.81. The van der Waals surface area contributed by atoms with Crippen LogP contribution in [0.25, 0.3) is 11.6 Å². The molecule has 0 saturated carbocycles. The zero-order chi connectivity index (χ0) is 16.4.